The van der Waals surface area contributed by atoms with Gasteiger partial charge < -0.3 is 9.73 Å². The third-order valence-electron chi connectivity index (χ3n) is 4.73. The number of aromatic nitrogens is 2. The Morgan fingerprint density at radius 2 is 1.72 bits per heavy atom. The summed E-state index contributed by atoms with van der Waals surface area (Å²) in [6.07, 6.45) is 4.63. The second-order valence-corrected chi connectivity index (χ2v) is 6.91. The molecular formula is C24H23N3O2. The van der Waals surface area contributed by atoms with Crippen molar-refractivity contribution in [2.45, 2.75) is 25.9 Å². The van der Waals surface area contributed by atoms with Crippen LogP contribution in [0.2, 0.25) is 0 Å². The van der Waals surface area contributed by atoms with Crippen molar-refractivity contribution in [2.24, 2.45) is 0 Å². The monoisotopic (exact) mass is 385 g/mol. The van der Waals surface area contributed by atoms with Gasteiger partial charge in [-0.25, -0.2) is 0 Å². The number of benzene rings is 2. The van der Waals surface area contributed by atoms with E-state index in [0.29, 0.717) is 25.9 Å². The zero-order chi connectivity index (χ0) is 19.9. The van der Waals surface area contributed by atoms with E-state index < -0.39 is 0 Å². The molecule has 0 spiro atoms. The Hall–Kier alpha value is -3.60. The molecular weight excluding hydrogens is 362 g/mol. The highest BCUT2D eigenvalue weighted by Gasteiger charge is 2.13. The number of amides is 1. The lowest BCUT2D eigenvalue weighted by Gasteiger charge is -2.05. The van der Waals surface area contributed by atoms with Crippen molar-refractivity contribution in [2.75, 3.05) is 0 Å². The third-order valence-corrected chi connectivity index (χ3v) is 4.73. The summed E-state index contributed by atoms with van der Waals surface area (Å²) in [5, 5.41) is 7.81. The Balaban J connectivity index is 1.47. The Morgan fingerprint density at radius 3 is 2.45 bits per heavy atom. The smallest absolute Gasteiger partial charge is 0.220 e. The molecule has 0 aliphatic rings. The van der Waals surface area contributed by atoms with Crippen LogP contribution in [-0.4, -0.2) is 15.7 Å². The number of nitrogens with zero attached hydrogens (tertiary/aromatic N) is 2. The largest absolute Gasteiger partial charge is 0.469 e. The van der Waals surface area contributed by atoms with Crippen molar-refractivity contribution in [1.29, 1.82) is 0 Å². The lowest BCUT2D eigenvalue weighted by Crippen LogP contribution is -2.23. The normalized spacial score (nSPS) is 10.8. The summed E-state index contributed by atoms with van der Waals surface area (Å²) in [6.45, 7) is 1.13. The molecule has 2 aromatic heterocycles. The van der Waals surface area contributed by atoms with Gasteiger partial charge in [0.2, 0.25) is 5.91 Å². The lowest BCUT2D eigenvalue weighted by atomic mass is 10.1. The maximum absolute atomic E-state index is 12.3. The van der Waals surface area contributed by atoms with Crippen LogP contribution in [0.1, 0.15) is 23.3 Å². The molecule has 0 unspecified atom stereocenters. The highest BCUT2D eigenvalue weighted by Crippen LogP contribution is 2.22. The Morgan fingerprint density at radius 1 is 0.966 bits per heavy atom. The molecule has 2 heterocycles. The quantitative estimate of drug-likeness (QED) is 0.488. The molecule has 0 saturated carbocycles. The zero-order valence-electron chi connectivity index (χ0n) is 16.1. The van der Waals surface area contributed by atoms with Gasteiger partial charge in [-0.1, -0.05) is 60.7 Å². The lowest BCUT2D eigenvalue weighted by molar-refractivity contribution is -0.121. The second-order valence-electron chi connectivity index (χ2n) is 6.91. The molecule has 29 heavy (non-hydrogen) atoms. The third kappa shape index (κ3) is 5.02. The second kappa shape index (κ2) is 9.06. The van der Waals surface area contributed by atoms with Gasteiger partial charge in [0, 0.05) is 36.7 Å². The Labute approximate surface area is 170 Å². The van der Waals surface area contributed by atoms with Crippen molar-refractivity contribution >= 4 is 5.91 Å². The number of carbonyl (C=O) groups excluding carboxylic acids is 1. The zero-order valence-corrected chi connectivity index (χ0v) is 16.1. The average Bonchev–Trinajstić information content (AvgIpc) is 3.42. The van der Waals surface area contributed by atoms with E-state index in [1.165, 1.54) is 5.56 Å². The van der Waals surface area contributed by atoms with Crippen molar-refractivity contribution in [3.05, 3.63) is 102 Å². The van der Waals surface area contributed by atoms with Crippen molar-refractivity contribution in [3.63, 3.8) is 0 Å². The highest BCUT2D eigenvalue weighted by molar-refractivity contribution is 5.76. The van der Waals surface area contributed by atoms with Crippen LogP contribution >= 0.6 is 0 Å². The first-order valence-electron chi connectivity index (χ1n) is 9.73. The van der Waals surface area contributed by atoms with E-state index in [1.807, 2.05) is 71.5 Å². The molecule has 0 saturated heterocycles. The summed E-state index contributed by atoms with van der Waals surface area (Å²) in [5.41, 5.74) is 4.12. The molecule has 0 aliphatic carbocycles. The number of nitrogens with one attached hydrogen (secondary N) is 1. The van der Waals surface area contributed by atoms with Crippen LogP contribution in [0.5, 0.6) is 0 Å². The van der Waals surface area contributed by atoms with Gasteiger partial charge in [0.1, 0.15) is 5.76 Å². The summed E-state index contributed by atoms with van der Waals surface area (Å²) in [7, 11) is 0. The summed E-state index contributed by atoms with van der Waals surface area (Å²) in [6, 6.07) is 24.0. The van der Waals surface area contributed by atoms with Crippen LogP contribution in [0.15, 0.2) is 89.7 Å². The maximum atomic E-state index is 12.3. The number of rotatable bonds is 8. The van der Waals surface area contributed by atoms with Gasteiger partial charge in [-0.3, -0.25) is 9.48 Å². The van der Waals surface area contributed by atoms with E-state index in [4.69, 9.17) is 9.52 Å². The molecule has 146 valence electrons. The number of furan rings is 1. The van der Waals surface area contributed by atoms with Crippen LogP contribution in [0.4, 0.5) is 0 Å². The van der Waals surface area contributed by atoms with E-state index in [9.17, 15) is 4.79 Å². The predicted octanol–water partition coefficient (Wildman–Crippen LogP) is 4.44. The van der Waals surface area contributed by atoms with Gasteiger partial charge in [0.05, 0.1) is 18.5 Å². The van der Waals surface area contributed by atoms with Crippen molar-refractivity contribution < 1.29 is 9.21 Å². The first kappa shape index (κ1) is 18.7. The van der Waals surface area contributed by atoms with Crippen LogP contribution in [0.25, 0.3) is 11.3 Å². The van der Waals surface area contributed by atoms with Gasteiger partial charge in [-0.05, 0) is 17.7 Å². The molecule has 4 aromatic rings. The molecule has 0 aliphatic heterocycles. The van der Waals surface area contributed by atoms with Crippen molar-refractivity contribution in [3.8, 4) is 11.3 Å². The number of hydrogen-bond donors (Lipinski definition) is 1. The van der Waals surface area contributed by atoms with E-state index in [0.717, 1.165) is 22.6 Å². The highest BCUT2D eigenvalue weighted by atomic mass is 16.3. The fourth-order valence-electron chi connectivity index (χ4n) is 3.26. The SMILES string of the molecule is O=C(CCc1ccco1)NCc1cn(Cc2ccccc2)nc1-c1ccccc1. The Bertz CT molecular complexity index is 1040. The fourth-order valence-corrected chi connectivity index (χ4v) is 3.26. The molecule has 5 nitrogen and oxygen atoms in total. The first-order valence-corrected chi connectivity index (χ1v) is 9.73. The molecule has 0 bridgehead atoms. The van der Waals surface area contributed by atoms with E-state index in [-0.39, 0.29) is 5.91 Å². The van der Waals surface area contributed by atoms with Gasteiger partial charge in [-0.15, -0.1) is 0 Å². The summed E-state index contributed by atoms with van der Waals surface area (Å²) >= 11 is 0. The van der Waals surface area contributed by atoms with Crippen LogP contribution < -0.4 is 5.32 Å². The maximum Gasteiger partial charge on any atom is 0.220 e. The number of hydrogen-bond acceptors (Lipinski definition) is 3. The van der Waals surface area contributed by atoms with Gasteiger partial charge in [-0.2, -0.15) is 5.10 Å². The summed E-state index contributed by atoms with van der Waals surface area (Å²) < 4.78 is 7.22. The molecule has 0 fully saturated rings. The summed E-state index contributed by atoms with van der Waals surface area (Å²) in [5.74, 6) is 0.817. The van der Waals surface area contributed by atoms with Crippen molar-refractivity contribution in [1.82, 2.24) is 15.1 Å². The molecule has 4 rings (SSSR count). The molecule has 0 radical (unpaired) electrons. The number of aryl methyl sites for hydroxylation is 1. The molecule has 0 atom stereocenters. The first-order chi connectivity index (χ1) is 14.3. The fraction of sp³-hybridized carbons (Fsp3) is 0.167. The predicted molar refractivity (Wildman–Crippen MR) is 112 cm³/mol. The topological polar surface area (TPSA) is 60.1 Å². The van der Waals surface area contributed by atoms with Crippen LogP contribution in [0.3, 0.4) is 0 Å². The average molecular weight is 385 g/mol. The van der Waals surface area contributed by atoms with E-state index >= 15 is 0 Å². The summed E-state index contributed by atoms with van der Waals surface area (Å²) in [4.78, 5) is 12.3. The van der Waals surface area contributed by atoms with Gasteiger partial charge >= 0.3 is 0 Å². The minimum absolute atomic E-state index is 0.00350. The Kier molecular flexibility index (Phi) is 5.86. The minimum Gasteiger partial charge on any atom is -0.469 e. The van der Waals surface area contributed by atoms with Gasteiger partial charge in [0.25, 0.3) is 0 Å². The molecule has 1 N–H and O–H groups in total. The van der Waals surface area contributed by atoms with E-state index in [1.54, 1.807) is 6.26 Å². The standard InChI is InChI=1S/C24H23N3O2/c28-23(14-13-22-12-7-15-29-22)25-16-21-18-27(17-19-8-3-1-4-9-19)26-24(21)20-10-5-2-6-11-20/h1-12,15,18H,13-14,16-17H2,(H,25,28). The van der Waals surface area contributed by atoms with Crippen LogP contribution in [0, 0.1) is 0 Å². The number of carbonyl (C=O) groups is 1. The molecule has 2 aromatic carbocycles. The van der Waals surface area contributed by atoms with Crippen LogP contribution in [-0.2, 0) is 24.3 Å². The molecule has 1 amide bonds. The van der Waals surface area contributed by atoms with E-state index in [2.05, 4.69) is 17.4 Å². The minimum atomic E-state index is -0.00350. The van der Waals surface area contributed by atoms with Gasteiger partial charge in [0.15, 0.2) is 0 Å². The molecule has 5 heteroatoms.